The second-order valence-electron chi connectivity index (χ2n) is 10.0. The summed E-state index contributed by atoms with van der Waals surface area (Å²) >= 11 is 0. The molecule has 2 N–H and O–H groups in total. The standard InChI is InChI=1S/C30H35N7/c1-22-4-7-26(20-25(22)8-9-28-12-13-29(35-34-28)33-27-10-11-27)30-31-15-14-24(6-5-23(2)32-30)21-37-18-16-36(3)17-19-37/h4-7,12-14,20,27H,2,10-11,15-19,21H2,1,3H3,(H,31,32)(H,33,35)/b6-5-,24-14+. The van der Waals surface area contributed by atoms with Crippen LogP contribution in [-0.2, 0) is 0 Å². The minimum absolute atomic E-state index is 0.552. The number of nitrogens with zero attached hydrogens (tertiary/aromatic N) is 5. The van der Waals surface area contributed by atoms with Gasteiger partial charge in [0.15, 0.2) is 0 Å². The number of allylic oxidation sites excluding steroid dienone is 1. The molecule has 2 fully saturated rings. The molecule has 0 amide bonds. The number of nitrogens with one attached hydrogen (secondary N) is 2. The molecule has 1 saturated carbocycles. The van der Waals surface area contributed by atoms with Gasteiger partial charge in [0.25, 0.3) is 0 Å². The van der Waals surface area contributed by atoms with E-state index in [1.807, 2.05) is 18.2 Å². The molecule has 2 aliphatic heterocycles. The van der Waals surface area contributed by atoms with Crippen molar-refractivity contribution in [2.75, 3.05) is 51.6 Å². The molecule has 190 valence electrons. The highest BCUT2D eigenvalue weighted by atomic mass is 15.2. The van der Waals surface area contributed by atoms with Gasteiger partial charge in [-0.1, -0.05) is 36.8 Å². The van der Waals surface area contributed by atoms with Crippen LogP contribution in [0.15, 0.2) is 71.4 Å². The van der Waals surface area contributed by atoms with E-state index in [1.54, 1.807) is 0 Å². The molecule has 0 radical (unpaired) electrons. The van der Waals surface area contributed by atoms with Crippen molar-refractivity contribution in [2.24, 2.45) is 4.99 Å². The molecule has 7 heteroatoms. The number of anilines is 1. The number of likely N-dealkylation sites (N-methyl/N-ethyl adjacent to an activating group) is 1. The number of benzene rings is 1. The highest BCUT2D eigenvalue weighted by Gasteiger charge is 2.21. The molecule has 3 heterocycles. The molecule has 2 aromatic rings. The average Bonchev–Trinajstić information content (AvgIpc) is 3.71. The van der Waals surface area contributed by atoms with Crippen molar-refractivity contribution in [3.05, 3.63) is 88.8 Å². The molecule has 0 unspecified atom stereocenters. The van der Waals surface area contributed by atoms with Crippen LogP contribution in [0, 0.1) is 18.8 Å². The van der Waals surface area contributed by atoms with E-state index in [0.29, 0.717) is 18.3 Å². The van der Waals surface area contributed by atoms with Crippen molar-refractivity contribution in [3.8, 4) is 11.8 Å². The Hall–Kier alpha value is -3.73. The van der Waals surface area contributed by atoms with Gasteiger partial charge >= 0.3 is 0 Å². The number of hydrogen-bond acceptors (Lipinski definition) is 7. The molecule has 3 aliphatic rings. The Kier molecular flexibility index (Phi) is 7.79. The third kappa shape index (κ3) is 7.16. The van der Waals surface area contributed by atoms with E-state index in [-0.39, 0.29) is 0 Å². The first kappa shape index (κ1) is 24.9. The van der Waals surface area contributed by atoms with Crippen LogP contribution in [0.3, 0.4) is 0 Å². The molecule has 1 aromatic heterocycles. The zero-order valence-electron chi connectivity index (χ0n) is 21.8. The van der Waals surface area contributed by atoms with Gasteiger partial charge in [-0.05, 0) is 68.1 Å². The molecule has 37 heavy (non-hydrogen) atoms. The van der Waals surface area contributed by atoms with Gasteiger partial charge in [0.05, 0.1) is 5.70 Å². The Bertz CT molecular complexity index is 1280. The summed E-state index contributed by atoms with van der Waals surface area (Å²) in [5, 5.41) is 15.4. The summed E-state index contributed by atoms with van der Waals surface area (Å²) in [6.07, 6.45) is 8.81. The molecule has 1 saturated heterocycles. The van der Waals surface area contributed by atoms with Gasteiger partial charge in [0.1, 0.15) is 17.3 Å². The third-order valence-electron chi connectivity index (χ3n) is 6.81. The van der Waals surface area contributed by atoms with Gasteiger partial charge in [-0.2, -0.15) is 0 Å². The fraction of sp³-hybridized carbons (Fsp3) is 0.367. The first-order valence-electron chi connectivity index (χ1n) is 13.0. The van der Waals surface area contributed by atoms with Crippen molar-refractivity contribution in [1.82, 2.24) is 25.3 Å². The summed E-state index contributed by atoms with van der Waals surface area (Å²) in [4.78, 5) is 9.66. The average molecular weight is 494 g/mol. The lowest BCUT2D eigenvalue weighted by atomic mass is 10.0. The fourth-order valence-electron chi connectivity index (χ4n) is 4.27. The van der Waals surface area contributed by atoms with Gasteiger partial charge in [0.2, 0.25) is 0 Å². The van der Waals surface area contributed by atoms with Crippen LogP contribution in [0.4, 0.5) is 5.82 Å². The fourth-order valence-corrected chi connectivity index (χ4v) is 4.27. The Morgan fingerprint density at radius 3 is 2.65 bits per heavy atom. The number of rotatable bonds is 5. The van der Waals surface area contributed by atoms with Crippen molar-refractivity contribution in [1.29, 1.82) is 0 Å². The number of aryl methyl sites for hydroxylation is 1. The maximum atomic E-state index is 4.78. The lowest BCUT2D eigenvalue weighted by Gasteiger charge is -2.32. The van der Waals surface area contributed by atoms with Crippen molar-refractivity contribution < 1.29 is 0 Å². The van der Waals surface area contributed by atoms with E-state index < -0.39 is 0 Å². The topological polar surface area (TPSA) is 68.7 Å². The molecular formula is C30H35N7. The number of hydrogen-bond donors (Lipinski definition) is 2. The Morgan fingerprint density at radius 2 is 1.89 bits per heavy atom. The molecule has 0 atom stereocenters. The quantitative estimate of drug-likeness (QED) is 0.623. The van der Waals surface area contributed by atoms with Crippen LogP contribution < -0.4 is 10.6 Å². The van der Waals surface area contributed by atoms with Crippen LogP contribution in [-0.4, -0.2) is 78.2 Å². The van der Waals surface area contributed by atoms with E-state index >= 15 is 0 Å². The monoisotopic (exact) mass is 493 g/mol. The van der Waals surface area contributed by atoms with Crippen LogP contribution in [0.25, 0.3) is 0 Å². The van der Waals surface area contributed by atoms with Gasteiger partial charge < -0.3 is 15.5 Å². The predicted molar refractivity (Wildman–Crippen MR) is 151 cm³/mol. The van der Waals surface area contributed by atoms with Gasteiger partial charge in [0, 0.05) is 56.4 Å². The van der Waals surface area contributed by atoms with E-state index in [4.69, 9.17) is 4.99 Å². The van der Waals surface area contributed by atoms with Crippen molar-refractivity contribution in [3.63, 3.8) is 0 Å². The van der Waals surface area contributed by atoms with Crippen LogP contribution in [0.5, 0.6) is 0 Å². The van der Waals surface area contributed by atoms with Gasteiger partial charge in [-0.15, -0.1) is 10.2 Å². The summed E-state index contributed by atoms with van der Waals surface area (Å²) in [6, 6.07) is 10.6. The molecular weight excluding hydrogens is 458 g/mol. The van der Waals surface area contributed by atoms with Gasteiger partial charge in [-0.3, -0.25) is 4.90 Å². The Balaban J connectivity index is 1.28. The van der Waals surface area contributed by atoms with E-state index in [1.165, 1.54) is 18.4 Å². The van der Waals surface area contributed by atoms with E-state index in [0.717, 1.165) is 66.8 Å². The highest BCUT2D eigenvalue weighted by Crippen LogP contribution is 2.23. The minimum atomic E-state index is 0.552. The third-order valence-corrected chi connectivity index (χ3v) is 6.81. The summed E-state index contributed by atoms with van der Waals surface area (Å²) in [5.74, 6) is 8.04. The first-order chi connectivity index (χ1) is 18.0. The van der Waals surface area contributed by atoms with Crippen LogP contribution >= 0.6 is 0 Å². The van der Waals surface area contributed by atoms with Crippen molar-refractivity contribution in [2.45, 2.75) is 25.8 Å². The zero-order chi connectivity index (χ0) is 25.6. The SMILES string of the molecule is C=C1/C=C\C(CN2CCN(C)CC2)=C/CN/C(c2ccc(C)c(C#Cc3ccc(NC4CC4)nn3)c2)=N\1. The maximum Gasteiger partial charge on any atom is 0.148 e. The highest BCUT2D eigenvalue weighted by molar-refractivity contribution is 6.00. The van der Waals surface area contributed by atoms with Crippen molar-refractivity contribution >= 4 is 11.7 Å². The second kappa shape index (κ2) is 11.5. The molecule has 5 rings (SSSR count). The zero-order valence-corrected chi connectivity index (χ0v) is 21.8. The Labute approximate surface area is 220 Å². The summed E-state index contributed by atoms with van der Waals surface area (Å²) in [6.45, 7) is 12.3. The molecule has 1 aromatic carbocycles. The summed E-state index contributed by atoms with van der Waals surface area (Å²) < 4.78 is 0. The normalized spacial score (nSPS) is 22.6. The number of piperazine rings is 1. The van der Waals surface area contributed by atoms with Crippen LogP contribution in [0.2, 0.25) is 0 Å². The van der Waals surface area contributed by atoms with E-state index in [2.05, 4.69) is 93.4 Å². The molecule has 1 aliphatic carbocycles. The Morgan fingerprint density at radius 1 is 1.05 bits per heavy atom. The maximum absolute atomic E-state index is 4.78. The number of amidine groups is 1. The lowest BCUT2D eigenvalue weighted by Crippen LogP contribution is -2.45. The molecule has 7 nitrogen and oxygen atoms in total. The van der Waals surface area contributed by atoms with E-state index in [9.17, 15) is 0 Å². The minimum Gasteiger partial charge on any atom is -0.366 e. The molecule has 0 spiro atoms. The largest absolute Gasteiger partial charge is 0.366 e. The second-order valence-corrected chi connectivity index (χ2v) is 10.0. The first-order valence-corrected chi connectivity index (χ1v) is 13.0. The molecule has 0 bridgehead atoms. The summed E-state index contributed by atoms with van der Waals surface area (Å²) in [5.41, 5.74) is 5.68. The van der Waals surface area contributed by atoms with Crippen LogP contribution in [0.1, 0.15) is 35.2 Å². The number of aliphatic imine (C=N–C) groups is 1. The predicted octanol–water partition coefficient (Wildman–Crippen LogP) is 3.35. The van der Waals surface area contributed by atoms with Gasteiger partial charge in [-0.25, -0.2) is 4.99 Å². The summed E-state index contributed by atoms with van der Waals surface area (Å²) in [7, 11) is 2.18. The smallest absolute Gasteiger partial charge is 0.148 e. The lowest BCUT2D eigenvalue weighted by molar-refractivity contribution is 0.164. The number of aromatic nitrogens is 2.